The van der Waals surface area contributed by atoms with E-state index < -0.39 is 5.41 Å². The van der Waals surface area contributed by atoms with Gasteiger partial charge in [-0.3, -0.25) is 9.59 Å². The highest BCUT2D eigenvalue weighted by molar-refractivity contribution is 6.06. The molecule has 204 valence electrons. The monoisotopic (exact) mass is 514 g/mol. The van der Waals surface area contributed by atoms with E-state index in [-0.39, 0.29) is 56.4 Å². The topological polar surface area (TPSA) is 61.2 Å². The summed E-state index contributed by atoms with van der Waals surface area (Å²) in [6.45, 7) is 16.5. The first-order valence-electron chi connectivity index (χ1n) is 14.9. The first-order valence-corrected chi connectivity index (χ1v) is 14.9. The van der Waals surface area contributed by atoms with Gasteiger partial charge in [0.25, 0.3) is 0 Å². The number of allylic oxidation sites excluding steroid dienone is 5. The lowest BCUT2D eigenvalue weighted by Crippen LogP contribution is -2.65. The summed E-state index contributed by atoms with van der Waals surface area (Å²) in [6.07, 6.45) is 13.2. The molecule has 6 aliphatic rings. The van der Waals surface area contributed by atoms with Crippen molar-refractivity contribution < 1.29 is 9.59 Å². The molecule has 4 heteroatoms. The van der Waals surface area contributed by atoms with E-state index in [4.69, 9.17) is 0 Å². The Morgan fingerprint density at radius 3 is 2.26 bits per heavy atom. The van der Waals surface area contributed by atoms with Gasteiger partial charge in [0.1, 0.15) is 6.07 Å². The smallest absolute Gasteiger partial charge is 0.179 e. The number of Topliss-reactive ketones (excluding diaryl/α,β-unsaturated/α-hetero) is 1. The van der Waals surface area contributed by atoms with Crippen LogP contribution in [0.25, 0.3) is 0 Å². The third-order valence-corrected chi connectivity index (χ3v) is 13.4. The molecule has 4 fully saturated rings. The van der Waals surface area contributed by atoms with Gasteiger partial charge in [0.05, 0.1) is 5.57 Å². The molecule has 0 aromatic carbocycles. The molecule has 4 nitrogen and oxygen atoms in total. The lowest BCUT2D eigenvalue weighted by atomic mass is 9.34. The number of ketones is 2. The third-order valence-electron chi connectivity index (χ3n) is 13.4. The van der Waals surface area contributed by atoms with E-state index in [2.05, 4.69) is 66.3 Å². The molecule has 1 spiro atoms. The normalized spacial score (nSPS) is 45.9. The maximum atomic E-state index is 14.6. The Balaban J connectivity index is 1.52. The van der Waals surface area contributed by atoms with Gasteiger partial charge in [-0.1, -0.05) is 52.8 Å². The SMILES string of the molecule is C=C(N(C)C)[C@]12CCC(C)(C)C[C@H]1[C@H]1C(=O)C=C3[C@@]4(C)C=C(C#N)C(=O)C5(CC5)[C@@H]4CC[C@@]3(C)[C@]1(C)CC2. The first kappa shape index (κ1) is 26.1. The summed E-state index contributed by atoms with van der Waals surface area (Å²) in [5.74, 6) is 0.791. The Labute approximate surface area is 229 Å². The molecule has 7 atom stereocenters. The second-order valence-electron chi connectivity index (χ2n) is 15.7. The van der Waals surface area contributed by atoms with Gasteiger partial charge in [-0.15, -0.1) is 0 Å². The molecule has 0 bridgehead atoms. The molecule has 0 saturated heterocycles. The van der Waals surface area contributed by atoms with Gasteiger partial charge < -0.3 is 4.90 Å². The average Bonchev–Trinajstić information content (AvgIpc) is 3.63. The molecule has 4 saturated carbocycles. The molecule has 0 aromatic rings. The number of nitrogens with zero attached hydrogens (tertiary/aromatic N) is 2. The van der Waals surface area contributed by atoms with Crippen LogP contribution in [-0.2, 0) is 9.59 Å². The quantitative estimate of drug-likeness (QED) is 0.397. The highest BCUT2D eigenvalue weighted by atomic mass is 16.1. The second-order valence-corrected chi connectivity index (χ2v) is 15.7. The van der Waals surface area contributed by atoms with Crippen LogP contribution in [0.4, 0.5) is 0 Å². The molecule has 6 aliphatic carbocycles. The predicted molar refractivity (Wildman–Crippen MR) is 150 cm³/mol. The molecule has 0 heterocycles. The highest BCUT2D eigenvalue weighted by Gasteiger charge is 2.72. The number of nitriles is 1. The van der Waals surface area contributed by atoms with Crippen molar-refractivity contribution in [2.24, 2.45) is 50.2 Å². The third kappa shape index (κ3) is 2.92. The largest absolute Gasteiger partial charge is 0.381 e. The van der Waals surface area contributed by atoms with E-state index in [1.807, 2.05) is 12.2 Å². The van der Waals surface area contributed by atoms with Crippen molar-refractivity contribution in [1.29, 1.82) is 5.26 Å². The molecular weight excluding hydrogens is 468 g/mol. The molecular formula is C34H46N2O2. The summed E-state index contributed by atoms with van der Waals surface area (Å²) in [5.41, 5.74) is 1.83. The van der Waals surface area contributed by atoms with Crippen molar-refractivity contribution in [1.82, 2.24) is 4.90 Å². The van der Waals surface area contributed by atoms with Crippen molar-refractivity contribution in [2.45, 2.75) is 92.4 Å². The van der Waals surface area contributed by atoms with Gasteiger partial charge in [-0.25, -0.2) is 0 Å². The summed E-state index contributed by atoms with van der Waals surface area (Å²) in [4.78, 5) is 30.1. The van der Waals surface area contributed by atoms with E-state index >= 15 is 0 Å². The fourth-order valence-electron chi connectivity index (χ4n) is 11.0. The van der Waals surface area contributed by atoms with Crippen LogP contribution in [-0.4, -0.2) is 30.6 Å². The van der Waals surface area contributed by atoms with Gasteiger partial charge >= 0.3 is 0 Å². The number of fused-ring (bicyclic) bond motifs is 8. The zero-order valence-electron chi connectivity index (χ0n) is 24.7. The summed E-state index contributed by atoms with van der Waals surface area (Å²) < 4.78 is 0. The summed E-state index contributed by atoms with van der Waals surface area (Å²) in [6, 6.07) is 2.25. The van der Waals surface area contributed by atoms with E-state index in [1.165, 1.54) is 17.7 Å². The van der Waals surface area contributed by atoms with Crippen molar-refractivity contribution in [3.63, 3.8) is 0 Å². The number of hydrogen-bond acceptors (Lipinski definition) is 4. The van der Waals surface area contributed by atoms with E-state index in [0.717, 1.165) is 51.4 Å². The van der Waals surface area contributed by atoms with Gasteiger partial charge in [0.15, 0.2) is 11.6 Å². The molecule has 0 radical (unpaired) electrons. The van der Waals surface area contributed by atoms with Gasteiger partial charge in [-0.05, 0) is 91.9 Å². The number of carbonyl (C=O) groups excluding carboxylic acids is 2. The minimum absolute atomic E-state index is 0.0229. The minimum atomic E-state index is -0.417. The van der Waals surface area contributed by atoms with Crippen molar-refractivity contribution in [3.8, 4) is 6.07 Å². The average molecular weight is 515 g/mol. The number of carbonyl (C=O) groups is 2. The predicted octanol–water partition coefficient (Wildman–Crippen LogP) is 7.04. The summed E-state index contributed by atoms with van der Waals surface area (Å²) >= 11 is 0. The Morgan fingerprint density at radius 1 is 1.00 bits per heavy atom. The zero-order chi connectivity index (χ0) is 27.7. The molecule has 6 rings (SSSR count). The Bertz CT molecular complexity index is 1260. The number of hydrogen-bond donors (Lipinski definition) is 0. The summed E-state index contributed by atoms with van der Waals surface area (Å²) in [7, 11) is 4.23. The van der Waals surface area contributed by atoms with E-state index in [0.29, 0.717) is 5.57 Å². The maximum Gasteiger partial charge on any atom is 0.179 e. The van der Waals surface area contributed by atoms with E-state index in [1.54, 1.807) is 0 Å². The van der Waals surface area contributed by atoms with Crippen LogP contribution >= 0.6 is 0 Å². The van der Waals surface area contributed by atoms with E-state index in [9.17, 15) is 14.9 Å². The van der Waals surface area contributed by atoms with Gasteiger partial charge in [0, 0.05) is 42.0 Å². The van der Waals surface area contributed by atoms with Crippen molar-refractivity contribution in [2.75, 3.05) is 14.1 Å². The maximum absolute atomic E-state index is 14.6. The van der Waals surface area contributed by atoms with Crippen molar-refractivity contribution in [3.05, 3.63) is 35.6 Å². The van der Waals surface area contributed by atoms with Crippen LogP contribution in [0.2, 0.25) is 0 Å². The molecule has 38 heavy (non-hydrogen) atoms. The molecule has 0 unspecified atom stereocenters. The Kier molecular flexibility index (Phi) is 5.17. The Hall–Kier alpha value is -2.15. The molecule has 0 amide bonds. The van der Waals surface area contributed by atoms with Crippen molar-refractivity contribution >= 4 is 11.6 Å². The lowest BCUT2D eigenvalue weighted by molar-refractivity contribution is -0.166. The summed E-state index contributed by atoms with van der Waals surface area (Å²) in [5, 5.41) is 9.94. The van der Waals surface area contributed by atoms with Crippen LogP contribution in [0, 0.1) is 61.6 Å². The number of rotatable bonds is 2. The second kappa shape index (κ2) is 7.52. The fraction of sp³-hybridized carbons (Fsp3) is 0.735. The van der Waals surface area contributed by atoms with Crippen LogP contribution in [0.5, 0.6) is 0 Å². The van der Waals surface area contributed by atoms with Gasteiger partial charge in [-0.2, -0.15) is 5.26 Å². The highest BCUT2D eigenvalue weighted by Crippen LogP contribution is 2.77. The lowest BCUT2D eigenvalue weighted by Gasteiger charge is -2.69. The minimum Gasteiger partial charge on any atom is -0.381 e. The molecule has 0 N–H and O–H groups in total. The molecule has 0 aromatic heterocycles. The standard InChI is InChI=1S/C34H46N2O2/c1-21(36(7)8)33-13-11-29(2,3)19-23(33)27-24(37)17-26-30(4)18-22(20-35)28(38)34(15-16-34)25(30)9-10-31(26,5)32(27,6)12-14-33/h17-18,23,25,27H,1,9-16,19H2,2-8H3/t23-,25+,27-,30-,31+,32+,33+/m0/s1. The Morgan fingerprint density at radius 2 is 1.66 bits per heavy atom. The fourth-order valence-corrected chi connectivity index (χ4v) is 11.0. The zero-order valence-corrected chi connectivity index (χ0v) is 24.7. The van der Waals surface area contributed by atoms with Crippen LogP contribution in [0.15, 0.2) is 35.6 Å². The van der Waals surface area contributed by atoms with Crippen LogP contribution in [0.3, 0.4) is 0 Å². The molecule has 0 aliphatic heterocycles. The van der Waals surface area contributed by atoms with Crippen LogP contribution < -0.4 is 0 Å². The first-order chi connectivity index (χ1) is 17.6. The van der Waals surface area contributed by atoms with Crippen LogP contribution in [0.1, 0.15) is 92.4 Å². The van der Waals surface area contributed by atoms with Gasteiger partial charge in [0.2, 0.25) is 0 Å².